The first-order valence-electron chi connectivity index (χ1n) is 10.5. The van der Waals surface area contributed by atoms with Crippen molar-refractivity contribution < 1.29 is 17.3 Å². The fourth-order valence-electron chi connectivity index (χ4n) is 4.35. The fourth-order valence-corrected chi connectivity index (χ4v) is 9.20. The second kappa shape index (κ2) is 9.62. The maximum Gasteiger partial charge on any atom is 0.264 e. The summed E-state index contributed by atoms with van der Waals surface area (Å²) in [6.45, 7) is 0.0861. The van der Waals surface area contributed by atoms with Crippen LogP contribution in [-0.4, -0.2) is 39.7 Å². The van der Waals surface area contributed by atoms with Crippen LogP contribution in [0.25, 0.3) is 0 Å². The van der Waals surface area contributed by atoms with Crippen LogP contribution in [0.15, 0.2) is 91.0 Å². The van der Waals surface area contributed by atoms with Gasteiger partial charge >= 0.3 is 0 Å². The summed E-state index contributed by atoms with van der Waals surface area (Å²) in [5.74, 6) is 0. The van der Waals surface area contributed by atoms with Crippen molar-refractivity contribution >= 4 is 33.3 Å². The molecule has 2 atom stereocenters. The largest absolute Gasteiger partial charge is 0.369 e. The van der Waals surface area contributed by atoms with Gasteiger partial charge in [-0.05, 0) is 49.2 Å². The third-order valence-corrected chi connectivity index (χ3v) is 10.8. The van der Waals surface area contributed by atoms with Crippen molar-refractivity contribution in [1.29, 1.82) is 0 Å². The molecule has 1 fully saturated rings. The van der Waals surface area contributed by atoms with Crippen LogP contribution in [0.2, 0.25) is 0 Å². The van der Waals surface area contributed by atoms with E-state index in [9.17, 15) is 8.42 Å². The van der Waals surface area contributed by atoms with Gasteiger partial charge in [0.2, 0.25) is 0 Å². The average molecular weight is 456 g/mol. The van der Waals surface area contributed by atoms with Crippen LogP contribution in [0, 0.1) is 0 Å². The molecular formula is C25H28O4PS+. The molecule has 162 valence electrons. The second-order valence-electron chi connectivity index (χ2n) is 7.95. The van der Waals surface area contributed by atoms with E-state index >= 15 is 0 Å². The van der Waals surface area contributed by atoms with Gasteiger partial charge in [-0.1, -0.05) is 54.6 Å². The summed E-state index contributed by atoms with van der Waals surface area (Å²) in [5.41, 5.74) is 0. The monoisotopic (exact) mass is 455 g/mol. The van der Waals surface area contributed by atoms with Crippen molar-refractivity contribution in [2.75, 3.05) is 19.0 Å². The quantitative estimate of drug-likeness (QED) is 0.385. The molecule has 4 nitrogen and oxygen atoms in total. The standard InChI is InChI=1S/C25H28O4PS/c1-31(26,27)28-19-21-17-18-22(29-21)20-30(23-11-5-2-6-12-23,24-13-7-3-8-14-24)25-15-9-4-10-16-25/h2-16,21-22H,17-20H2,1H3/q+1/t21-,22+/m0/s1. The first-order valence-corrected chi connectivity index (χ1v) is 14.3. The molecule has 3 aromatic carbocycles. The van der Waals surface area contributed by atoms with Gasteiger partial charge in [-0.2, -0.15) is 8.42 Å². The van der Waals surface area contributed by atoms with Crippen molar-refractivity contribution in [1.82, 2.24) is 0 Å². The van der Waals surface area contributed by atoms with Gasteiger partial charge in [0.15, 0.2) is 0 Å². The molecule has 1 aliphatic rings. The lowest BCUT2D eigenvalue weighted by Gasteiger charge is -2.30. The Hall–Kier alpha value is -2.04. The molecule has 0 aromatic heterocycles. The lowest BCUT2D eigenvalue weighted by molar-refractivity contribution is 0.0298. The van der Waals surface area contributed by atoms with Gasteiger partial charge in [0, 0.05) is 0 Å². The zero-order valence-corrected chi connectivity index (χ0v) is 19.3. The topological polar surface area (TPSA) is 52.6 Å². The van der Waals surface area contributed by atoms with Crippen LogP contribution in [-0.2, 0) is 19.0 Å². The summed E-state index contributed by atoms with van der Waals surface area (Å²) >= 11 is 0. The lowest BCUT2D eigenvalue weighted by atomic mass is 10.2. The lowest BCUT2D eigenvalue weighted by Crippen LogP contribution is -2.37. The van der Waals surface area contributed by atoms with E-state index in [0.29, 0.717) is 0 Å². The van der Waals surface area contributed by atoms with Crippen LogP contribution in [0.4, 0.5) is 0 Å². The molecule has 1 saturated heterocycles. The zero-order valence-electron chi connectivity index (χ0n) is 17.6. The first kappa shape index (κ1) is 22.2. The number of ether oxygens (including phenoxy) is 1. The molecule has 0 saturated carbocycles. The molecule has 1 aliphatic heterocycles. The van der Waals surface area contributed by atoms with E-state index in [1.807, 2.05) is 0 Å². The molecule has 0 aliphatic carbocycles. The highest BCUT2D eigenvalue weighted by atomic mass is 32.2. The highest BCUT2D eigenvalue weighted by Crippen LogP contribution is 2.56. The fraction of sp³-hybridized carbons (Fsp3) is 0.280. The van der Waals surface area contributed by atoms with E-state index in [0.717, 1.165) is 25.3 Å². The maximum absolute atomic E-state index is 11.4. The number of rotatable bonds is 8. The first-order chi connectivity index (χ1) is 15.0. The maximum atomic E-state index is 11.4. The third kappa shape index (κ3) is 5.24. The highest BCUT2D eigenvalue weighted by molar-refractivity contribution is 7.95. The van der Waals surface area contributed by atoms with Crippen LogP contribution in [0.1, 0.15) is 12.8 Å². The van der Waals surface area contributed by atoms with Gasteiger partial charge in [0.1, 0.15) is 23.2 Å². The van der Waals surface area contributed by atoms with Gasteiger partial charge in [0.05, 0.1) is 31.2 Å². The summed E-state index contributed by atoms with van der Waals surface area (Å²) in [7, 11) is -5.43. The molecule has 0 amide bonds. The van der Waals surface area contributed by atoms with Crippen LogP contribution in [0.5, 0.6) is 0 Å². The molecule has 1 heterocycles. The number of hydrogen-bond donors (Lipinski definition) is 0. The van der Waals surface area contributed by atoms with E-state index in [1.54, 1.807) is 0 Å². The Labute approximate surface area is 185 Å². The number of benzene rings is 3. The molecule has 0 N–H and O–H groups in total. The Morgan fingerprint density at radius 2 is 1.19 bits per heavy atom. The second-order valence-corrected chi connectivity index (χ2v) is 13.1. The minimum absolute atomic E-state index is 0.0436. The molecule has 0 spiro atoms. The summed E-state index contributed by atoms with van der Waals surface area (Å²) < 4.78 is 34.1. The molecule has 3 aromatic rings. The molecule has 0 radical (unpaired) electrons. The minimum Gasteiger partial charge on any atom is -0.369 e. The highest BCUT2D eigenvalue weighted by Gasteiger charge is 2.48. The van der Waals surface area contributed by atoms with Gasteiger partial charge < -0.3 is 4.74 Å². The van der Waals surface area contributed by atoms with Gasteiger partial charge in [-0.25, -0.2) is 0 Å². The van der Waals surface area contributed by atoms with E-state index in [2.05, 4.69) is 91.0 Å². The normalized spacial score (nSPS) is 19.4. The Kier molecular flexibility index (Phi) is 6.88. The summed E-state index contributed by atoms with van der Waals surface area (Å²) in [6.07, 6.45) is 3.51. The van der Waals surface area contributed by atoms with Crippen LogP contribution in [0.3, 0.4) is 0 Å². The Bertz CT molecular complexity index is 976. The third-order valence-electron chi connectivity index (χ3n) is 5.73. The summed E-state index contributed by atoms with van der Waals surface area (Å²) in [5, 5.41) is 3.98. The van der Waals surface area contributed by atoms with E-state index in [4.69, 9.17) is 8.92 Å². The van der Waals surface area contributed by atoms with Crippen LogP contribution < -0.4 is 15.9 Å². The molecule has 0 bridgehead atoms. The predicted octanol–water partition coefficient (Wildman–Crippen LogP) is 3.50. The van der Waals surface area contributed by atoms with E-state index in [1.165, 1.54) is 15.9 Å². The molecule has 31 heavy (non-hydrogen) atoms. The predicted molar refractivity (Wildman–Crippen MR) is 129 cm³/mol. The Balaban J connectivity index is 1.71. The van der Waals surface area contributed by atoms with Crippen molar-refractivity contribution in [2.24, 2.45) is 0 Å². The van der Waals surface area contributed by atoms with Crippen molar-refractivity contribution in [2.45, 2.75) is 25.0 Å². The van der Waals surface area contributed by atoms with Crippen molar-refractivity contribution in [3.63, 3.8) is 0 Å². The summed E-state index contributed by atoms with van der Waals surface area (Å²) in [6, 6.07) is 32.2. The van der Waals surface area contributed by atoms with Crippen molar-refractivity contribution in [3.05, 3.63) is 91.0 Å². The van der Waals surface area contributed by atoms with Crippen LogP contribution >= 0.6 is 7.26 Å². The smallest absolute Gasteiger partial charge is 0.264 e. The summed E-state index contributed by atoms with van der Waals surface area (Å²) in [4.78, 5) is 0. The number of hydrogen-bond acceptors (Lipinski definition) is 4. The molecule has 0 unspecified atom stereocenters. The minimum atomic E-state index is -3.47. The molecule has 4 rings (SSSR count). The Morgan fingerprint density at radius 3 is 1.61 bits per heavy atom. The van der Waals surface area contributed by atoms with E-state index < -0.39 is 17.4 Å². The molecule has 6 heteroatoms. The SMILES string of the molecule is CS(=O)(=O)OC[C@@H]1CC[C@H](C[P+](c2ccccc2)(c2ccccc2)c2ccccc2)O1. The molecular weight excluding hydrogens is 427 g/mol. The Morgan fingerprint density at radius 1 is 0.774 bits per heavy atom. The van der Waals surface area contributed by atoms with Gasteiger partial charge in [0.25, 0.3) is 10.1 Å². The van der Waals surface area contributed by atoms with E-state index in [-0.39, 0.29) is 18.8 Å². The van der Waals surface area contributed by atoms with Crippen molar-refractivity contribution in [3.8, 4) is 0 Å². The zero-order chi connectivity index (χ0) is 21.7. The van der Waals surface area contributed by atoms with Gasteiger partial charge in [-0.3, -0.25) is 4.18 Å². The van der Waals surface area contributed by atoms with Gasteiger partial charge in [-0.15, -0.1) is 0 Å². The average Bonchev–Trinajstić information content (AvgIpc) is 3.25.